The van der Waals surface area contributed by atoms with Crippen LogP contribution in [-0.2, 0) is 18.4 Å². The van der Waals surface area contributed by atoms with Gasteiger partial charge in [0.05, 0.1) is 63.4 Å². The first-order chi connectivity index (χ1) is 7.12. The maximum absolute atomic E-state index is 12.5. The van der Waals surface area contributed by atoms with Gasteiger partial charge in [-0.05, 0) is 0 Å². The van der Waals surface area contributed by atoms with Gasteiger partial charge in [-0.1, -0.05) is 13.9 Å². The van der Waals surface area contributed by atoms with Gasteiger partial charge in [0, 0.05) is 0 Å². The highest BCUT2D eigenvalue weighted by Gasteiger charge is 2.47. The Balaban J connectivity index is 5.03. The molecule has 0 spiro atoms. The lowest BCUT2D eigenvalue weighted by molar-refractivity contribution is -1.08. The van der Waals surface area contributed by atoms with Crippen LogP contribution in [0.4, 0.5) is 0 Å². The minimum atomic E-state index is -3.67. The molecule has 0 fully saturated rings. The lowest BCUT2D eigenvalue weighted by Gasteiger charge is -2.31. The van der Waals surface area contributed by atoms with Crippen molar-refractivity contribution >= 4 is 7.82 Å². The second-order valence-corrected chi connectivity index (χ2v) is 7.74. The predicted octanol–water partition coefficient (Wildman–Crippen LogP) is 1.01. The molecule has 0 aromatic carbocycles. The maximum atomic E-state index is 12.5. The monoisotopic (exact) mass is 272 g/mol. The van der Waals surface area contributed by atoms with E-state index in [4.69, 9.17) is 13.9 Å². The van der Waals surface area contributed by atoms with Gasteiger partial charge in [0.1, 0.15) is 0 Å². The van der Waals surface area contributed by atoms with E-state index in [1.165, 1.54) is 0 Å². The van der Waals surface area contributed by atoms with Gasteiger partial charge in [0.15, 0.2) is 0 Å². The SMILES string of the molecule is C[N+](C)(C)OP(=O)(O[N+](C)(C)C)O[N+](C)(C)C. The summed E-state index contributed by atoms with van der Waals surface area (Å²) in [7, 11) is 12.0. The van der Waals surface area contributed by atoms with E-state index in [-0.39, 0.29) is 13.9 Å². The topological polar surface area (TPSA) is 44.8 Å². The summed E-state index contributed by atoms with van der Waals surface area (Å²) < 4.78 is 28.8. The van der Waals surface area contributed by atoms with Crippen molar-refractivity contribution in [2.24, 2.45) is 0 Å². The second kappa shape index (κ2) is 4.93. The number of nitrogens with zero attached hydrogens (tertiary/aromatic N) is 3. The molecule has 0 aliphatic heterocycles. The maximum Gasteiger partial charge on any atom is 0.615 e. The van der Waals surface area contributed by atoms with Crippen LogP contribution >= 0.6 is 7.82 Å². The largest absolute Gasteiger partial charge is 0.615 e. The molecule has 0 aromatic heterocycles. The Morgan fingerprint density at radius 2 is 0.765 bits per heavy atom. The summed E-state index contributed by atoms with van der Waals surface area (Å²) >= 11 is 0. The number of hydrogen-bond donors (Lipinski definition) is 0. The molecule has 7 nitrogen and oxygen atoms in total. The molecule has 8 heteroatoms. The van der Waals surface area contributed by atoms with E-state index in [9.17, 15) is 4.57 Å². The first kappa shape index (κ1) is 17.0. The molecule has 0 atom stereocenters. The van der Waals surface area contributed by atoms with Crippen LogP contribution in [0.3, 0.4) is 0 Å². The van der Waals surface area contributed by atoms with E-state index >= 15 is 0 Å². The zero-order valence-corrected chi connectivity index (χ0v) is 13.3. The van der Waals surface area contributed by atoms with E-state index in [0.29, 0.717) is 0 Å². The smallest absolute Gasteiger partial charge is 0.216 e. The van der Waals surface area contributed by atoms with E-state index in [1.54, 1.807) is 63.4 Å². The summed E-state index contributed by atoms with van der Waals surface area (Å²) in [5.41, 5.74) is 0. The van der Waals surface area contributed by atoms with Crippen molar-refractivity contribution in [1.29, 1.82) is 0 Å². The Morgan fingerprint density at radius 1 is 0.588 bits per heavy atom. The first-order valence-electron chi connectivity index (χ1n) is 5.30. The molecule has 0 bridgehead atoms. The fourth-order valence-corrected chi connectivity index (χ4v) is 2.83. The Hall–Kier alpha value is -0.0100. The van der Waals surface area contributed by atoms with Crippen molar-refractivity contribution in [2.75, 3.05) is 63.4 Å². The Kier molecular flexibility index (Phi) is 4.93. The van der Waals surface area contributed by atoms with Crippen molar-refractivity contribution < 1.29 is 32.4 Å². The van der Waals surface area contributed by atoms with Crippen LogP contribution in [0.1, 0.15) is 0 Å². The van der Waals surface area contributed by atoms with Crippen LogP contribution in [0, 0.1) is 0 Å². The van der Waals surface area contributed by atoms with Crippen LogP contribution in [0.5, 0.6) is 0 Å². The number of phosphoric acid groups is 1. The highest BCUT2D eigenvalue weighted by molar-refractivity contribution is 7.48. The molecule has 0 rings (SSSR count). The molecule has 0 aliphatic carbocycles. The lowest BCUT2D eigenvalue weighted by Crippen LogP contribution is -2.42. The molecule has 0 amide bonds. The molecule has 17 heavy (non-hydrogen) atoms. The van der Waals surface area contributed by atoms with E-state index in [0.717, 1.165) is 0 Å². The molecule has 0 N–H and O–H groups in total. The van der Waals surface area contributed by atoms with E-state index < -0.39 is 7.82 Å². The molecule has 0 aliphatic rings. The van der Waals surface area contributed by atoms with Gasteiger partial charge in [-0.15, -0.1) is 0 Å². The number of hydrogen-bond acceptors (Lipinski definition) is 4. The highest BCUT2D eigenvalue weighted by atomic mass is 31.2. The summed E-state index contributed by atoms with van der Waals surface area (Å²) in [4.78, 5) is 0. The third-order valence-corrected chi connectivity index (χ3v) is 3.10. The first-order valence-corrected chi connectivity index (χ1v) is 6.76. The standard InChI is InChI=1S/C9H27N3O4P/c1-10(2,3)14-17(13,15-11(4,5)6)16-12(7,8)9/h1-9H3/q+3. The van der Waals surface area contributed by atoms with Crippen LogP contribution in [-0.4, -0.2) is 77.4 Å². The van der Waals surface area contributed by atoms with Crippen molar-refractivity contribution in [3.8, 4) is 0 Å². The summed E-state index contributed by atoms with van der Waals surface area (Å²) in [6.07, 6.45) is 0. The molecule has 0 aromatic rings. The van der Waals surface area contributed by atoms with Gasteiger partial charge in [-0.3, -0.25) is 0 Å². The van der Waals surface area contributed by atoms with Gasteiger partial charge < -0.3 is 0 Å². The summed E-state index contributed by atoms with van der Waals surface area (Å²) in [5.74, 6) is 0. The zero-order valence-electron chi connectivity index (χ0n) is 12.4. The highest BCUT2D eigenvalue weighted by Crippen LogP contribution is 2.53. The Bertz CT molecular complexity index is 253. The van der Waals surface area contributed by atoms with Gasteiger partial charge in [-0.25, -0.2) is 4.57 Å². The van der Waals surface area contributed by atoms with Crippen molar-refractivity contribution in [3.05, 3.63) is 0 Å². The van der Waals surface area contributed by atoms with Crippen LogP contribution < -0.4 is 0 Å². The molecule has 0 saturated carbocycles. The third kappa shape index (κ3) is 9.67. The summed E-state index contributed by atoms with van der Waals surface area (Å²) in [6, 6.07) is 0. The predicted molar refractivity (Wildman–Crippen MR) is 65.0 cm³/mol. The van der Waals surface area contributed by atoms with Crippen molar-refractivity contribution in [3.63, 3.8) is 0 Å². The molecule has 0 radical (unpaired) electrons. The van der Waals surface area contributed by atoms with Crippen molar-refractivity contribution in [2.45, 2.75) is 0 Å². The molecular formula is C9H27N3O4P+3. The zero-order chi connectivity index (χ0) is 14.1. The Labute approximate surface area is 104 Å². The average molecular weight is 272 g/mol. The average Bonchev–Trinajstić information content (AvgIpc) is 1.65. The summed E-state index contributed by atoms with van der Waals surface area (Å²) in [6.45, 7) is 0. The van der Waals surface area contributed by atoms with Gasteiger partial charge in [0.25, 0.3) is 0 Å². The minimum Gasteiger partial charge on any atom is -0.216 e. The van der Waals surface area contributed by atoms with Gasteiger partial charge in [0.2, 0.25) is 0 Å². The van der Waals surface area contributed by atoms with Crippen LogP contribution in [0.2, 0.25) is 0 Å². The molecule has 0 unspecified atom stereocenters. The molecular weight excluding hydrogens is 245 g/mol. The third-order valence-electron chi connectivity index (χ3n) is 1.03. The lowest BCUT2D eigenvalue weighted by atomic mass is 11.0. The quantitative estimate of drug-likeness (QED) is 0.411. The van der Waals surface area contributed by atoms with Gasteiger partial charge >= 0.3 is 7.82 Å². The second-order valence-electron chi connectivity index (χ2n) is 6.36. The fraction of sp³-hybridized carbons (Fsp3) is 1.00. The van der Waals surface area contributed by atoms with E-state index in [1.807, 2.05) is 0 Å². The Morgan fingerprint density at radius 3 is 0.882 bits per heavy atom. The number of rotatable bonds is 6. The van der Waals surface area contributed by atoms with E-state index in [2.05, 4.69) is 0 Å². The summed E-state index contributed by atoms with van der Waals surface area (Å²) in [5, 5.41) is 0. The van der Waals surface area contributed by atoms with Crippen molar-refractivity contribution in [1.82, 2.24) is 0 Å². The van der Waals surface area contributed by atoms with Gasteiger partial charge in [-0.2, -0.15) is 13.9 Å². The molecule has 0 saturated heterocycles. The fourth-order valence-electron chi connectivity index (χ4n) is 0.945. The van der Waals surface area contributed by atoms with Crippen LogP contribution in [0.15, 0.2) is 0 Å². The number of quaternary nitrogens is 3. The molecule has 0 heterocycles. The minimum absolute atomic E-state index is 0.0251. The molecule has 104 valence electrons. The number of hydroxylamine groups is 9. The van der Waals surface area contributed by atoms with Crippen LogP contribution in [0.25, 0.3) is 0 Å². The normalized spacial score (nSPS) is 15.1.